The molecule has 0 bridgehead atoms. The van der Waals surface area contributed by atoms with Gasteiger partial charge in [0, 0.05) is 0 Å². The molecule has 1 aliphatic rings. The van der Waals surface area contributed by atoms with Gasteiger partial charge in [0.2, 0.25) is 0 Å². The molecule has 0 radical (unpaired) electrons. The van der Waals surface area contributed by atoms with Crippen LogP contribution in [0.1, 0.15) is 25.7 Å². The zero-order valence-electron chi connectivity index (χ0n) is 8.53. The van der Waals surface area contributed by atoms with Crippen LogP contribution < -0.4 is 4.46 Å². The van der Waals surface area contributed by atoms with Crippen molar-refractivity contribution in [3.05, 3.63) is 30.3 Å². The second kappa shape index (κ2) is 4.48. The van der Waals surface area contributed by atoms with Crippen molar-refractivity contribution in [2.45, 2.75) is 30.2 Å². The molecule has 1 aromatic carbocycles. The Hall–Kier alpha value is -0.301. The third-order valence-corrected chi connectivity index (χ3v) is 5.84. The van der Waals surface area contributed by atoms with E-state index in [0.717, 1.165) is 0 Å². The van der Waals surface area contributed by atoms with Gasteiger partial charge in [0.05, 0.1) is 0 Å². The monoisotopic (exact) mass is 256 g/mol. The summed E-state index contributed by atoms with van der Waals surface area (Å²) >= 11 is 0.472. The first-order valence-electron chi connectivity index (χ1n) is 5.14. The molecule has 0 unspecified atom stereocenters. The van der Waals surface area contributed by atoms with Gasteiger partial charge in [-0.05, 0) is 0 Å². The van der Waals surface area contributed by atoms with Gasteiger partial charge >= 0.3 is 91.8 Å². The Balaban J connectivity index is 2.08. The van der Waals surface area contributed by atoms with Gasteiger partial charge < -0.3 is 0 Å². The van der Waals surface area contributed by atoms with Crippen LogP contribution in [0.5, 0.6) is 0 Å². The van der Waals surface area contributed by atoms with Crippen LogP contribution in [-0.4, -0.2) is 26.6 Å². The van der Waals surface area contributed by atoms with Gasteiger partial charge in [-0.2, -0.15) is 0 Å². The summed E-state index contributed by atoms with van der Waals surface area (Å²) < 4.78 is 7.40. The summed E-state index contributed by atoms with van der Waals surface area (Å²) in [6, 6.07) is 10.8. The summed E-state index contributed by atoms with van der Waals surface area (Å²) in [4.78, 5) is 0. The second-order valence-electron chi connectivity index (χ2n) is 3.74. The fourth-order valence-corrected chi connectivity index (χ4v) is 4.69. The minimum atomic E-state index is 0.203. The van der Waals surface area contributed by atoms with Gasteiger partial charge in [-0.1, -0.05) is 0 Å². The van der Waals surface area contributed by atoms with E-state index in [-0.39, 0.29) is 4.50 Å². The van der Waals surface area contributed by atoms with Gasteiger partial charge in [0.15, 0.2) is 0 Å². The third-order valence-electron chi connectivity index (χ3n) is 2.78. The first kappa shape index (κ1) is 10.2. The predicted octanol–water partition coefficient (Wildman–Crippen LogP) is 1.93. The van der Waals surface area contributed by atoms with Gasteiger partial charge in [0.25, 0.3) is 0 Å². The van der Waals surface area contributed by atoms with Crippen molar-refractivity contribution in [2.75, 3.05) is 7.11 Å². The van der Waals surface area contributed by atoms with Crippen molar-refractivity contribution in [1.29, 1.82) is 0 Å². The van der Waals surface area contributed by atoms with Crippen LogP contribution >= 0.6 is 0 Å². The number of methoxy groups -OCH3 is 1. The Morgan fingerprint density at radius 1 is 1.14 bits per heavy atom. The van der Waals surface area contributed by atoms with Crippen molar-refractivity contribution < 1.29 is 4.74 Å². The molecule has 0 aliphatic heterocycles. The van der Waals surface area contributed by atoms with Gasteiger partial charge in [-0.25, -0.2) is 0 Å². The molecule has 14 heavy (non-hydrogen) atoms. The number of hydrogen-bond donors (Lipinski definition) is 0. The van der Waals surface area contributed by atoms with Crippen LogP contribution in [0.2, 0.25) is 0 Å². The van der Waals surface area contributed by atoms with Crippen LogP contribution in [0.25, 0.3) is 0 Å². The van der Waals surface area contributed by atoms with Crippen LogP contribution in [0.4, 0.5) is 0 Å². The molecule has 1 aromatic rings. The first-order valence-corrected chi connectivity index (χ1v) is 6.85. The molecule has 0 heterocycles. The number of ether oxygens (including phenoxy) is 1. The van der Waals surface area contributed by atoms with E-state index in [1.807, 2.05) is 7.11 Å². The number of rotatable bonds is 3. The van der Waals surface area contributed by atoms with Crippen molar-refractivity contribution in [3.63, 3.8) is 0 Å². The van der Waals surface area contributed by atoms with Crippen molar-refractivity contribution in [2.24, 2.45) is 0 Å². The van der Waals surface area contributed by atoms with E-state index >= 15 is 0 Å². The fraction of sp³-hybridized carbons (Fsp3) is 0.500. The molecule has 0 N–H and O–H groups in total. The normalized spacial score (nSPS) is 19.8. The molecule has 0 spiro atoms. The summed E-state index contributed by atoms with van der Waals surface area (Å²) in [6.07, 6.45) is 5.17. The summed E-state index contributed by atoms with van der Waals surface area (Å²) in [5, 5.41) is 0. The van der Waals surface area contributed by atoms with Crippen molar-refractivity contribution in [3.8, 4) is 0 Å². The standard InChI is InChI=1S/C12H16OSe/c1-13-12(9-5-6-10-12)14-11-7-3-2-4-8-11/h2-4,7-8H,5-6,9-10H2,1H3. The molecule has 0 saturated heterocycles. The van der Waals surface area contributed by atoms with Gasteiger partial charge in [-0.15, -0.1) is 0 Å². The van der Waals surface area contributed by atoms with E-state index in [4.69, 9.17) is 4.74 Å². The molecule has 2 rings (SSSR count). The van der Waals surface area contributed by atoms with E-state index in [9.17, 15) is 0 Å². The van der Waals surface area contributed by atoms with Crippen molar-refractivity contribution in [1.82, 2.24) is 0 Å². The topological polar surface area (TPSA) is 9.23 Å². The SMILES string of the molecule is COC1([Se]c2ccccc2)CCCC1. The van der Waals surface area contributed by atoms with E-state index < -0.39 is 0 Å². The molecule has 0 amide bonds. The van der Waals surface area contributed by atoms with Gasteiger partial charge in [0.1, 0.15) is 0 Å². The quantitative estimate of drug-likeness (QED) is 0.750. The molecule has 76 valence electrons. The average Bonchev–Trinajstić information content (AvgIpc) is 2.69. The minimum absolute atomic E-state index is 0.203. The fourth-order valence-electron chi connectivity index (χ4n) is 1.96. The van der Waals surface area contributed by atoms with Crippen LogP contribution in [0.3, 0.4) is 0 Å². The van der Waals surface area contributed by atoms with E-state index in [1.54, 1.807) is 0 Å². The van der Waals surface area contributed by atoms with E-state index in [2.05, 4.69) is 30.3 Å². The molecule has 1 aliphatic carbocycles. The molecule has 0 aromatic heterocycles. The van der Waals surface area contributed by atoms with Crippen LogP contribution in [-0.2, 0) is 4.74 Å². The Morgan fingerprint density at radius 2 is 1.79 bits per heavy atom. The van der Waals surface area contributed by atoms with Gasteiger partial charge in [-0.3, -0.25) is 0 Å². The number of hydrogen-bond acceptors (Lipinski definition) is 1. The zero-order chi connectivity index (χ0) is 9.86. The summed E-state index contributed by atoms with van der Waals surface area (Å²) in [7, 11) is 1.87. The summed E-state index contributed by atoms with van der Waals surface area (Å²) in [5.74, 6) is 0. The van der Waals surface area contributed by atoms with Crippen LogP contribution in [0, 0.1) is 0 Å². The molecular formula is C12H16OSe. The predicted molar refractivity (Wildman–Crippen MR) is 60.0 cm³/mol. The van der Waals surface area contributed by atoms with Crippen molar-refractivity contribution >= 4 is 19.4 Å². The first-order chi connectivity index (χ1) is 6.85. The Morgan fingerprint density at radius 3 is 2.36 bits per heavy atom. The Kier molecular flexibility index (Phi) is 3.27. The second-order valence-corrected chi connectivity index (χ2v) is 6.72. The third kappa shape index (κ3) is 2.20. The molecule has 1 saturated carbocycles. The maximum absolute atomic E-state index is 5.73. The Bertz CT molecular complexity index is 278. The maximum atomic E-state index is 5.73. The molecular weight excluding hydrogens is 239 g/mol. The molecule has 1 fully saturated rings. The zero-order valence-corrected chi connectivity index (χ0v) is 10.2. The molecule has 2 heteroatoms. The van der Waals surface area contributed by atoms with E-state index in [1.165, 1.54) is 30.1 Å². The van der Waals surface area contributed by atoms with E-state index in [0.29, 0.717) is 15.0 Å². The molecule has 0 atom stereocenters. The summed E-state index contributed by atoms with van der Waals surface area (Å²) in [5.41, 5.74) is 0. The van der Waals surface area contributed by atoms with Crippen LogP contribution in [0.15, 0.2) is 30.3 Å². The number of benzene rings is 1. The summed E-state index contributed by atoms with van der Waals surface area (Å²) in [6.45, 7) is 0. The Labute approximate surface area is 92.0 Å². The average molecular weight is 255 g/mol. The molecule has 1 nitrogen and oxygen atoms in total.